The van der Waals surface area contributed by atoms with Crippen molar-refractivity contribution in [2.45, 2.75) is 0 Å². The number of hydrogen-bond donors (Lipinski definition) is 2. The Morgan fingerprint density at radius 3 is 2.00 bits per heavy atom. The van der Waals surface area contributed by atoms with Crippen LogP contribution >= 0.6 is 0 Å². The molecule has 0 atom stereocenters. The van der Waals surface area contributed by atoms with Crippen LogP contribution in [0.4, 0.5) is 4.39 Å². The van der Waals surface area contributed by atoms with Gasteiger partial charge in [0.25, 0.3) is 0 Å². The predicted molar refractivity (Wildman–Crippen MR) is 14.4 cm³/mol. The molecule has 2 nitrogen and oxygen atoms in total. The molecule has 0 aliphatic carbocycles. The summed E-state index contributed by atoms with van der Waals surface area (Å²) in [5, 5.41) is 14.7. The average molecular weight is 78.0 g/mol. The zero-order valence-corrected chi connectivity index (χ0v) is 2.35. The molecule has 5 heavy (non-hydrogen) atoms. The molecule has 0 rings (SSSR count). The predicted octanol–water partition coefficient (Wildman–Crippen LogP) is 0.871. The van der Waals surface area contributed by atoms with Crippen LogP contribution in [0, 0.1) is 0 Å². The molecule has 0 aromatic rings. The van der Waals surface area contributed by atoms with Crippen molar-refractivity contribution in [3.8, 4) is 0 Å². The van der Waals surface area contributed by atoms with E-state index < -0.39 is 6.01 Å². The topological polar surface area (TPSA) is 40.5 Å². The highest BCUT2D eigenvalue weighted by molar-refractivity contribution is 4.64. The van der Waals surface area contributed by atoms with Gasteiger partial charge in [0.2, 0.25) is 0 Å². The van der Waals surface area contributed by atoms with Gasteiger partial charge >= 0.3 is 6.01 Å². The Labute approximate surface area is 28.2 Å². The molecular formula is C2H3FO2. The Morgan fingerprint density at radius 2 is 2.00 bits per heavy atom. The summed E-state index contributed by atoms with van der Waals surface area (Å²) in [5.41, 5.74) is 0. The molecule has 0 aliphatic rings. The summed E-state index contributed by atoms with van der Waals surface area (Å²) in [6, 6.07) is -1.56. The summed E-state index contributed by atoms with van der Waals surface area (Å²) in [6.45, 7) is 0. The number of halogens is 1. The summed E-state index contributed by atoms with van der Waals surface area (Å²) >= 11 is 0. The molecule has 0 aromatic carbocycles. The van der Waals surface area contributed by atoms with Crippen LogP contribution in [0.2, 0.25) is 0 Å². The molecule has 2 N–H and O–H groups in total. The van der Waals surface area contributed by atoms with E-state index in [0.717, 1.165) is 0 Å². The van der Waals surface area contributed by atoms with Gasteiger partial charge < -0.3 is 10.2 Å². The number of rotatable bonds is 0. The lowest BCUT2D eigenvalue weighted by Crippen LogP contribution is -1.60. The van der Waals surface area contributed by atoms with Gasteiger partial charge in [0.05, 0.1) is 0 Å². The van der Waals surface area contributed by atoms with E-state index in [4.69, 9.17) is 10.2 Å². The zero-order chi connectivity index (χ0) is 4.28. The van der Waals surface area contributed by atoms with Gasteiger partial charge in [-0.25, -0.2) is 0 Å². The Bertz CT molecular complexity index is 45.6. The van der Waals surface area contributed by atoms with Crippen LogP contribution in [0.25, 0.3) is 0 Å². The maximum absolute atomic E-state index is 10.6. The molecule has 0 saturated heterocycles. The number of hydrogen-bond acceptors (Lipinski definition) is 2. The van der Waals surface area contributed by atoms with Crippen LogP contribution in [0.15, 0.2) is 12.3 Å². The van der Waals surface area contributed by atoms with Crippen molar-refractivity contribution < 1.29 is 14.6 Å². The van der Waals surface area contributed by atoms with Crippen molar-refractivity contribution in [3.63, 3.8) is 0 Å². The van der Waals surface area contributed by atoms with Gasteiger partial charge in [-0.3, -0.25) is 0 Å². The van der Waals surface area contributed by atoms with E-state index in [1.54, 1.807) is 0 Å². The zero-order valence-electron chi connectivity index (χ0n) is 2.35. The molecule has 0 bridgehead atoms. The van der Waals surface area contributed by atoms with Gasteiger partial charge in [0, 0.05) is 0 Å². The second-order valence-corrected chi connectivity index (χ2v) is 0.452. The van der Waals surface area contributed by atoms with Gasteiger partial charge in [-0.1, -0.05) is 0 Å². The van der Waals surface area contributed by atoms with E-state index in [0.29, 0.717) is 0 Å². The first kappa shape index (κ1) is 4.27. The van der Waals surface area contributed by atoms with Crippen molar-refractivity contribution in [2.24, 2.45) is 0 Å². The number of aliphatic hydroxyl groups is 2. The van der Waals surface area contributed by atoms with Crippen molar-refractivity contribution in [2.75, 3.05) is 0 Å². The minimum absolute atomic E-state index is 0.0278. The Balaban J connectivity index is 3.14. The summed E-state index contributed by atoms with van der Waals surface area (Å²) in [6.07, 6.45) is -0.0278. The van der Waals surface area contributed by atoms with Gasteiger partial charge in [0.15, 0.2) is 6.26 Å². The molecular weight excluding hydrogens is 75.0 g/mol. The Kier molecular flexibility index (Phi) is 1.35. The van der Waals surface area contributed by atoms with Crippen LogP contribution in [-0.2, 0) is 0 Å². The molecule has 3 heteroatoms. The van der Waals surface area contributed by atoms with E-state index in [1.165, 1.54) is 0 Å². The summed E-state index contributed by atoms with van der Waals surface area (Å²) in [7, 11) is 0. The van der Waals surface area contributed by atoms with Gasteiger partial charge in [0.1, 0.15) is 0 Å². The first-order chi connectivity index (χ1) is 2.27. The number of aliphatic hydroxyl groups excluding tert-OH is 2. The van der Waals surface area contributed by atoms with Crippen LogP contribution in [0.5, 0.6) is 0 Å². The molecule has 0 unspecified atom stereocenters. The fraction of sp³-hybridized carbons (Fsp3) is 0. The smallest absolute Gasteiger partial charge is 0.305 e. The highest BCUT2D eigenvalue weighted by Gasteiger charge is 1.73. The first-order valence-electron chi connectivity index (χ1n) is 0.959. The standard InChI is InChI=1S/C2H3FO2/c3-2(5)1-4/h1,4-5H. The van der Waals surface area contributed by atoms with E-state index >= 15 is 0 Å². The normalized spacial score (nSPS) is 11.8. The second-order valence-electron chi connectivity index (χ2n) is 0.452. The van der Waals surface area contributed by atoms with Crippen LogP contribution in [-0.4, -0.2) is 10.2 Å². The first-order valence-corrected chi connectivity index (χ1v) is 0.959. The van der Waals surface area contributed by atoms with Gasteiger partial charge in [-0.2, -0.15) is 4.39 Å². The Hall–Kier alpha value is -0.730. The Morgan fingerprint density at radius 1 is 1.80 bits per heavy atom. The third-order valence-electron chi connectivity index (χ3n) is 0.107. The molecule has 0 spiro atoms. The maximum atomic E-state index is 10.6. The third-order valence-corrected chi connectivity index (χ3v) is 0.107. The third kappa shape index (κ3) is 3.27. The monoisotopic (exact) mass is 78.0 g/mol. The van der Waals surface area contributed by atoms with Crippen LogP contribution in [0.1, 0.15) is 0 Å². The van der Waals surface area contributed by atoms with Crippen molar-refractivity contribution in [1.82, 2.24) is 0 Å². The molecule has 0 fully saturated rings. The fourth-order valence-electron chi connectivity index (χ4n) is 0. The molecule has 0 amide bonds. The van der Waals surface area contributed by atoms with Crippen molar-refractivity contribution in [1.29, 1.82) is 0 Å². The minimum Gasteiger partial charge on any atom is -0.509 e. The van der Waals surface area contributed by atoms with E-state index in [9.17, 15) is 4.39 Å². The second kappa shape index (κ2) is 1.58. The minimum atomic E-state index is -1.56. The highest BCUT2D eigenvalue weighted by atomic mass is 19.1. The largest absolute Gasteiger partial charge is 0.509 e. The molecule has 0 heterocycles. The van der Waals surface area contributed by atoms with Gasteiger partial charge in [-0.05, 0) is 0 Å². The quantitative estimate of drug-likeness (QED) is 0.422. The molecule has 0 radical (unpaired) electrons. The van der Waals surface area contributed by atoms with Crippen LogP contribution < -0.4 is 0 Å². The highest BCUT2D eigenvalue weighted by Crippen LogP contribution is 1.80. The summed E-state index contributed by atoms with van der Waals surface area (Å²) < 4.78 is 10.6. The molecule has 0 aliphatic heterocycles. The lowest BCUT2D eigenvalue weighted by atomic mass is 11.0. The van der Waals surface area contributed by atoms with Crippen LogP contribution in [0.3, 0.4) is 0 Å². The lowest BCUT2D eigenvalue weighted by molar-refractivity contribution is 0.255. The van der Waals surface area contributed by atoms with E-state index in [-0.39, 0.29) is 6.26 Å². The summed E-state index contributed by atoms with van der Waals surface area (Å²) in [5.74, 6) is 0. The maximum Gasteiger partial charge on any atom is 0.305 e. The molecule has 0 saturated carbocycles. The van der Waals surface area contributed by atoms with Crippen molar-refractivity contribution in [3.05, 3.63) is 12.3 Å². The van der Waals surface area contributed by atoms with Gasteiger partial charge in [-0.15, -0.1) is 0 Å². The SMILES string of the molecule is OC=C(O)F. The fourth-order valence-corrected chi connectivity index (χ4v) is 0. The van der Waals surface area contributed by atoms with E-state index in [1.807, 2.05) is 0 Å². The lowest BCUT2D eigenvalue weighted by Gasteiger charge is -1.69. The van der Waals surface area contributed by atoms with Crippen molar-refractivity contribution >= 4 is 0 Å². The van der Waals surface area contributed by atoms with E-state index in [2.05, 4.69) is 0 Å². The summed E-state index contributed by atoms with van der Waals surface area (Å²) in [4.78, 5) is 0. The molecule has 0 aromatic heterocycles. The molecule has 30 valence electrons. The average Bonchev–Trinajstić information content (AvgIpc) is 1.38.